The van der Waals surface area contributed by atoms with Gasteiger partial charge in [-0.05, 0) is 37.8 Å². The fourth-order valence-corrected chi connectivity index (χ4v) is 4.35. The van der Waals surface area contributed by atoms with Crippen molar-refractivity contribution in [3.05, 3.63) is 29.3 Å². The SMILES string of the molecule is Cc1cccc(C)c1OCCNC(=O)CN1CCN(CC(=O)N2CCCCCC2)CC1. The minimum Gasteiger partial charge on any atom is -0.491 e. The van der Waals surface area contributed by atoms with E-state index in [0.717, 1.165) is 69.0 Å². The summed E-state index contributed by atoms with van der Waals surface area (Å²) in [7, 11) is 0. The van der Waals surface area contributed by atoms with Crippen molar-refractivity contribution in [1.82, 2.24) is 20.0 Å². The lowest BCUT2D eigenvalue weighted by molar-refractivity contribution is -0.133. The molecule has 7 heteroatoms. The molecule has 31 heavy (non-hydrogen) atoms. The van der Waals surface area contributed by atoms with Crippen molar-refractivity contribution in [2.24, 2.45) is 0 Å². The average Bonchev–Trinajstić information content (AvgIpc) is 3.04. The molecular weight excluding hydrogens is 392 g/mol. The Hall–Kier alpha value is -2.12. The molecule has 0 saturated carbocycles. The molecule has 1 aromatic carbocycles. The zero-order valence-corrected chi connectivity index (χ0v) is 19.2. The van der Waals surface area contributed by atoms with E-state index in [4.69, 9.17) is 4.74 Å². The Bertz CT molecular complexity index is 703. The van der Waals surface area contributed by atoms with Crippen molar-refractivity contribution in [3.8, 4) is 5.75 Å². The van der Waals surface area contributed by atoms with Gasteiger partial charge < -0.3 is 15.0 Å². The molecule has 2 aliphatic heterocycles. The number of hydrogen-bond acceptors (Lipinski definition) is 5. The molecule has 2 saturated heterocycles. The van der Waals surface area contributed by atoms with E-state index in [1.54, 1.807) is 0 Å². The number of hydrogen-bond donors (Lipinski definition) is 1. The average molecular weight is 431 g/mol. The Morgan fingerprint density at radius 3 is 2.06 bits per heavy atom. The summed E-state index contributed by atoms with van der Waals surface area (Å²) < 4.78 is 5.85. The smallest absolute Gasteiger partial charge is 0.236 e. The van der Waals surface area contributed by atoms with Crippen LogP contribution in [0.25, 0.3) is 0 Å². The molecule has 1 aromatic rings. The first-order valence-corrected chi connectivity index (χ1v) is 11.7. The van der Waals surface area contributed by atoms with Crippen LogP contribution in [0.4, 0.5) is 0 Å². The van der Waals surface area contributed by atoms with Crippen LogP contribution in [0.5, 0.6) is 5.75 Å². The fourth-order valence-electron chi connectivity index (χ4n) is 4.35. The molecule has 1 N–H and O–H groups in total. The van der Waals surface area contributed by atoms with Crippen LogP contribution >= 0.6 is 0 Å². The summed E-state index contributed by atoms with van der Waals surface area (Å²) in [6.45, 7) is 11.1. The van der Waals surface area contributed by atoms with Gasteiger partial charge in [0, 0.05) is 39.3 Å². The number of benzene rings is 1. The molecule has 2 aliphatic rings. The standard InChI is InChI=1S/C24H38N4O3/c1-20-8-7-9-21(2)24(20)31-17-10-25-22(29)18-26-13-15-27(16-14-26)19-23(30)28-11-5-3-4-6-12-28/h7-9H,3-6,10-19H2,1-2H3,(H,25,29). The molecule has 0 aliphatic carbocycles. The van der Waals surface area contributed by atoms with E-state index in [0.29, 0.717) is 26.2 Å². The predicted molar refractivity (Wildman–Crippen MR) is 122 cm³/mol. The van der Waals surface area contributed by atoms with Crippen molar-refractivity contribution in [2.45, 2.75) is 39.5 Å². The second-order valence-electron chi connectivity index (χ2n) is 8.77. The van der Waals surface area contributed by atoms with E-state index in [-0.39, 0.29) is 11.8 Å². The van der Waals surface area contributed by atoms with E-state index in [1.165, 1.54) is 12.8 Å². The number of carbonyl (C=O) groups is 2. The lowest BCUT2D eigenvalue weighted by atomic mass is 10.1. The van der Waals surface area contributed by atoms with Gasteiger partial charge in [0.15, 0.2) is 0 Å². The van der Waals surface area contributed by atoms with Gasteiger partial charge in [-0.25, -0.2) is 0 Å². The summed E-state index contributed by atoms with van der Waals surface area (Å²) >= 11 is 0. The number of ether oxygens (including phenoxy) is 1. The van der Waals surface area contributed by atoms with E-state index in [9.17, 15) is 9.59 Å². The molecule has 172 valence electrons. The van der Waals surface area contributed by atoms with Crippen LogP contribution in [0.15, 0.2) is 18.2 Å². The summed E-state index contributed by atoms with van der Waals surface area (Å²) in [4.78, 5) is 31.3. The number of likely N-dealkylation sites (tertiary alicyclic amines) is 1. The van der Waals surface area contributed by atoms with Gasteiger partial charge in [0.25, 0.3) is 0 Å². The van der Waals surface area contributed by atoms with Gasteiger partial charge in [-0.1, -0.05) is 31.0 Å². The van der Waals surface area contributed by atoms with Gasteiger partial charge in [-0.2, -0.15) is 0 Å². The van der Waals surface area contributed by atoms with E-state index >= 15 is 0 Å². The lowest BCUT2D eigenvalue weighted by Gasteiger charge is -2.35. The summed E-state index contributed by atoms with van der Waals surface area (Å²) in [5, 5.41) is 2.95. The first kappa shape index (κ1) is 23.5. The van der Waals surface area contributed by atoms with Crippen LogP contribution in [-0.2, 0) is 9.59 Å². The summed E-state index contributed by atoms with van der Waals surface area (Å²) in [6.07, 6.45) is 4.73. The minimum atomic E-state index is 0.0270. The van der Waals surface area contributed by atoms with Crippen LogP contribution in [0.2, 0.25) is 0 Å². The molecule has 0 aromatic heterocycles. The van der Waals surface area contributed by atoms with Crippen molar-refractivity contribution in [2.75, 3.05) is 65.5 Å². The Kier molecular flexibility index (Phi) is 9.15. The molecule has 0 radical (unpaired) electrons. The van der Waals surface area contributed by atoms with Crippen molar-refractivity contribution in [1.29, 1.82) is 0 Å². The van der Waals surface area contributed by atoms with Crippen LogP contribution in [0, 0.1) is 13.8 Å². The third-order valence-electron chi connectivity index (χ3n) is 6.23. The molecule has 0 unspecified atom stereocenters. The number of rotatable bonds is 8. The largest absolute Gasteiger partial charge is 0.491 e. The highest BCUT2D eigenvalue weighted by molar-refractivity contribution is 5.78. The quantitative estimate of drug-likeness (QED) is 0.638. The van der Waals surface area contributed by atoms with Gasteiger partial charge in [-0.15, -0.1) is 0 Å². The topological polar surface area (TPSA) is 65.1 Å². The first-order valence-electron chi connectivity index (χ1n) is 11.7. The van der Waals surface area contributed by atoms with Crippen LogP contribution in [0.1, 0.15) is 36.8 Å². The normalized spacial score (nSPS) is 18.5. The molecule has 2 fully saturated rings. The monoisotopic (exact) mass is 430 g/mol. The second-order valence-corrected chi connectivity index (χ2v) is 8.77. The maximum Gasteiger partial charge on any atom is 0.236 e. The van der Waals surface area contributed by atoms with Gasteiger partial charge in [0.2, 0.25) is 11.8 Å². The Balaban J connectivity index is 1.29. The zero-order chi connectivity index (χ0) is 22.1. The fraction of sp³-hybridized carbons (Fsp3) is 0.667. The zero-order valence-electron chi connectivity index (χ0n) is 19.2. The van der Waals surface area contributed by atoms with Gasteiger partial charge >= 0.3 is 0 Å². The summed E-state index contributed by atoms with van der Waals surface area (Å²) in [5.41, 5.74) is 2.22. The highest BCUT2D eigenvalue weighted by Crippen LogP contribution is 2.21. The van der Waals surface area contributed by atoms with E-state index in [1.807, 2.05) is 36.9 Å². The number of nitrogens with one attached hydrogen (secondary N) is 1. The number of carbonyl (C=O) groups excluding carboxylic acids is 2. The Labute approximate surface area is 186 Å². The first-order chi connectivity index (χ1) is 15.0. The molecule has 0 spiro atoms. The molecule has 0 bridgehead atoms. The maximum absolute atomic E-state index is 12.6. The minimum absolute atomic E-state index is 0.0270. The molecule has 2 heterocycles. The molecule has 7 nitrogen and oxygen atoms in total. The van der Waals surface area contributed by atoms with E-state index < -0.39 is 0 Å². The molecular formula is C24H38N4O3. The van der Waals surface area contributed by atoms with Gasteiger partial charge in [0.05, 0.1) is 19.6 Å². The lowest BCUT2D eigenvalue weighted by Crippen LogP contribution is -2.52. The van der Waals surface area contributed by atoms with Gasteiger partial charge in [0.1, 0.15) is 12.4 Å². The molecule has 0 atom stereocenters. The highest BCUT2D eigenvalue weighted by atomic mass is 16.5. The Morgan fingerprint density at radius 1 is 0.871 bits per heavy atom. The number of nitrogens with zero attached hydrogens (tertiary/aromatic N) is 3. The van der Waals surface area contributed by atoms with Crippen molar-refractivity contribution < 1.29 is 14.3 Å². The summed E-state index contributed by atoms with van der Waals surface area (Å²) in [5.74, 6) is 1.19. The number of amides is 2. The third kappa shape index (κ3) is 7.51. The Morgan fingerprint density at radius 2 is 1.45 bits per heavy atom. The van der Waals surface area contributed by atoms with Crippen LogP contribution in [-0.4, -0.2) is 92.0 Å². The van der Waals surface area contributed by atoms with Crippen LogP contribution < -0.4 is 10.1 Å². The number of para-hydroxylation sites is 1. The van der Waals surface area contributed by atoms with Crippen molar-refractivity contribution >= 4 is 11.8 Å². The van der Waals surface area contributed by atoms with Gasteiger partial charge in [-0.3, -0.25) is 19.4 Å². The maximum atomic E-state index is 12.6. The number of aryl methyl sites for hydroxylation is 2. The van der Waals surface area contributed by atoms with Crippen LogP contribution in [0.3, 0.4) is 0 Å². The number of piperazine rings is 1. The highest BCUT2D eigenvalue weighted by Gasteiger charge is 2.23. The molecule has 2 amide bonds. The summed E-state index contributed by atoms with van der Waals surface area (Å²) in [6, 6.07) is 6.08. The second kappa shape index (κ2) is 12.1. The van der Waals surface area contributed by atoms with E-state index in [2.05, 4.69) is 15.1 Å². The third-order valence-corrected chi connectivity index (χ3v) is 6.23. The van der Waals surface area contributed by atoms with Crippen molar-refractivity contribution in [3.63, 3.8) is 0 Å². The predicted octanol–water partition coefficient (Wildman–Crippen LogP) is 1.82. The molecule has 3 rings (SSSR count).